The molecule has 1 aliphatic rings. The van der Waals surface area contributed by atoms with Crippen LogP contribution in [0, 0.1) is 6.92 Å². The third-order valence-electron chi connectivity index (χ3n) is 15.9. The lowest BCUT2D eigenvalue weighted by atomic mass is 9.57. The highest BCUT2D eigenvalue weighted by molar-refractivity contribution is 7.26. The monoisotopic (exact) mass is 1050 g/mol. The zero-order chi connectivity index (χ0) is 54.7. The van der Waals surface area contributed by atoms with Crippen molar-refractivity contribution in [3.8, 4) is 44.5 Å². The fourth-order valence-corrected chi connectivity index (χ4v) is 12.8. The molecule has 0 aliphatic carbocycles. The molecule has 0 bridgehead atoms. The summed E-state index contributed by atoms with van der Waals surface area (Å²) < 4.78 is 2.50. The highest BCUT2D eigenvalue weighted by Gasteiger charge is 2.33. The van der Waals surface area contributed by atoms with Crippen molar-refractivity contribution < 1.29 is 0 Å². The number of thiophene rings is 1. The van der Waals surface area contributed by atoms with Gasteiger partial charge in [0.2, 0.25) is 0 Å². The van der Waals surface area contributed by atoms with Gasteiger partial charge in [-0.2, -0.15) is 0 Å². The molecule has 11 aromatic carbocycles. The molecule has 1 N–H and O–H groups in total. The predicted octanol–water partition coefficient (Wildman–Crippen LogP) is 20.3. The standard InChI is InChI=1S/C75H63BN3S/c1-49-45-54(51-21-13-9-14-22-51)30-44-66(49)79-67-47-61(78(59-37-31-56(32-38-59)74(2,3)4)60-39-33-57(34-40-60)75(5,6)7)41-43-64(67)76-73-68(79)48-70-71(63-25-17-18-26-69(63)80-70)72(73)62-42-29-55(52-23-15-10-16-24-52)46-65(62)77-58-35-27-53(28-36-58)50-19-11-8-12-20-50/h8-48,77H,1-7H3. The minimum atomic E-state index is 0.0226. The summed E-state index contributed by atoms with van der Waals surface area (Å²) in [5, 5.41) is 6.52. The quantitative estimate of drug-likeness (QED) is 0.138. The zero-order valence-electron chi connectivity index (χ0n) is 46.6. The van der Waals surface area contributed by atoms with E-state index < -0.39 is 0 Å². The molecule has 0 amide bonds. The maximum absolute atomic E-state index is 4.01. The zero-order valence-corrected chi connectivity index (χ0v) is 47.4. The molecule has 3 nitrogen and oxygen atoms in total. The topological polar surface area (TPSA) is 18.5 Å². The van der Waals surface area contributed by atoms with Crippen LogP contribution in [0.15, 0.2) is 249 Å². The van der Waals surface area contributed by atoms with Gasteiger partial charge in [0.05, 0.1) is 0 Å². The van der Waals surface area contributed by atoms with Gasteiger partial charge >= 0.3 is 0 Å². The Bertz CT molecular complexity index is 4170. The Morgan fingerprint density at radius 3 is 1.52 bits per heavy atom. The van der Waals surface area contributed by atoms with E-state index in [1.165, 1.54) is 75.7 Å². The Kier molecular flexibility index (Phi) is 12.9. The van der Waals surface area contributed by atoms with Crippen molar-refractivity contribution in [3.63, 3.8) is 0 Å². The van der Waals surface area contributed by atoms with E-state index in [0.29, 0.717) is 0 Å². The molecule has 0 unspecified atom stereocenters. The molecule has 0 atom stereocenters. The molecule has 1 aliphatic heterocycles. The number of fused-ring (bicyclic) bond motifs is 5. The highest BCUT2D eigenvalue weighted by Crippen LogP contribution is 2.49. The van der Waals surface area contributed by atoms with Gasteiger partial charge in [0, 0.05) is 71.2 Å². The number of aryl methyl sites for hydroxylation is 1. The summed E-state index contributed by atoms with van der Waals surface area (Å²) in [7, 11) is 2.46. The second kappa shape index (κ2) is 20.4. The molecule has 1 radical (unpaired) electrons. The van der Waals surface area contributed by atoms with Gasteiger partial charge in [-0.1, -0.05) is 217 Å². The first-order valence-electron chi connectivity index (χ1n) is 27.9. The molecule has 13 rings (SSSR count). The van der Waals surface area contributed by atoms with Gasteiger partial charge in [0.1, 0.15) is 0 Å². The summed E-state index contributed by atoms with van der Waals surface area (Å²) in [6.07, 6.45) is 0. The van der Waals surface area contributed by atoms with E-state index >= 15 is 0 Å². The highest BCUT2D eigenvalue weighted by atomic mass is 32.1. The van der Waals surface area contributed by atoms with Crippen LogP contribution in [-0.4, -0.2) is 7.28 Å². The maximum atomic E-state index is 4.01. The first-order valence-corrected chi connectivity index (χ1v) is 28.7. The van der Waals surface area contributed by atoms with Crippen LogP contribution in [-0.2, 0) is 10.8 Å². The van der Waals surface area contributed by atoms with E-state index in [1.807, 2.05) is 11.3 Å². The number of nitrogens with zero attached hydrogens (tertiary/aromatic N) is 2. The van der Waals surface area contributed by atoms with Crippen molar-refractivity contribution in [2.75, 3.05) is 15.1 Å². The Balaban J connectivity index is 1.05. The molecule has 80 heavy (non-hydrogen) atoms. The summed E-state index contributed by atoms with van der Waals surface area (Å²) in [6.45, 7) is 16.0. The normalized spacial score (nSPS) is 12.3. The van der Waals surface area contributed by atoms with Crippen molar-refractivity contribution in [2.24, 2.45) is 0 Å². The molecule has 12 aromatic rings. The number of hydrogen-bond donors (Lipinski definition) is 1. The average molecular weight is 1050 g/mol. The van der Waals surface area contributed by atoms with E-state index in [-0.39, 0.29) is 10.8 Å². The number of nitrogens with one attached hydrogen (secondary N) is 1. The van der Waals surface area contributed by atoms with E-state index in [0.717, 1.165) is 62.1 Å². The molecule has 0 spiro atoms. The van der Waals surface area contributed by atoms with Crippen molar-refractivity contribution in [1.82, 2.24) is 0 Å². The van der Waals surface area contributed by atoms with Crippen molar-refractivity contribution >= 4 is 95.2 Å². The summed E-state index contributed by atoms with van der Waals surface area (Å²) in [5.74, 6) is 0. The largest absolute Gasteiger partial charge is 0.355 e. The summed E-state index contributed by atoms with van der Waals surface area (Å²) in [5.41, 5.74) is 24.4. The van der Waals surface area contributed by atoms with Crippen LogP contribution in [0.3, 0.4) is 0 Å². The van der Waals surface area contributed by atoms with Crippen LogP contribution in [0.4, 0.5) is 45.5 Å². The second-order valence-corrected chi connectivity index (χ2v) is 24.5. The van der Waals surface area contributed by atoms with E-state index in [2.05, 4.69) is 320 Å². The van der Waals surface area contributed by atoms with Crippen molar-refractivity contribution in [1.29, 1.82) is 0 Å². The van der Waals surface area contributed by atoms with Gasteiger partial charge in [-0.15, -0.1) is 11.3 Å². The van der Waals surface area contributed by atoms with Crippen LogP contribution in [0.25, 0.3) is 64.7 Å². The van der Waals surface area contributed by atoms with Gasteiger partial charge in [-0.3, -0.25) is 0 Å². The van der Waals surface area contributed by atoms with Crippen molar-refractivity contribution in [2.45, 2.75) is 59.3 Å². The fourth-order valence-electron chi connectivity index (χ4n) is 11.6. The Hall–Kier alpha value is -8.90. The van der Waals surface area contributed by atoms with E-state index in [9.17, 15) is 0 Å². The van der Waals surface area contributed by atoms with E-state index in [1.54, 1.807) is 0 Å². The van der Waals surface area contributed by atoms with Crippen molar-refractivity contribution in [3.05, 3.63) is 265 Å². The van der Waals surface area contributed by atoms with E-state index in [4.69, 9.17) is 0 Å². The lowest BCUT2D eigenvalue weighted by Gasteiger charge is -2.37. The predicted molar refractivity (Wildman–Crippen MR) is 347 cm³/mol. The number of benzene rings is 11. The molecule has 0 fully saturated rings. The molecular formula is C75H63BN3S. The molecule has 5 heteroatoms. The maximum Gasteiger partial charge on any atom is 0.197 e. The molecule has 0 saturated carbocycles. The smallest absolute Gasteiger partial charge is 0.197 e. The molecule has 387 valence electrons. The Morgan fingerprint density at radius 1 is 0.425 bits per heavy atom. The number of anilines is 8. The third kappa shape index (κ3) is 9.56. The molecular weight excluding hydrogens is 986 g/mol. The fraction of sp³-hybridized carbons (Fsp3) is 0.120. The van der Waals surface area contributed by atoms with Crippen LogP contribution < -0.4 is 26.0 Å². The molecule has 0 saturated heterocycles. The second-order valence-electron chi connectivity index (χ2n) is 23.4. The number of hydrogen-bond acceptors (Lipinski definition) is 4. The van der Waals surface area contributed by atoms with Crippen LogP contribution in [0.5, 0.6) is 0 Å². The molecule has 1 aromatic heterocycles. The first-order chi connectivity index (χ1) is 38.8. The Labute approximate surface area is 476 Å². The van der Waals surface area contributed by atoms with Gasteiger partial charge in [0.25, 0.3) is 0 Å². The lowest BCUT2D eigenvalue weighted by molar-refractivity contribution is 0.590. The summed E-state index contributed by atoms with van der Waals surface area (Å²) in [6, 6.07) is 91.8. The summed E-state index contributed by atoms with van der Waals surface area (Å²) >= 11 is 1.87. The lowest BCUT2D eigenvalue weighted by Crippen LogP contribution is -2.41. The van der Waals surface area contributed by atoms with Crippen LogP contribution >= 0.6 is 11.3 Å². The van der Waals surface area contributed by atoms with Gasteiger partial charge in [-0.25, -0.2) is 0 Å². The minimum absolute atomic E-state index is 0.0226. The van der Waals surface area contributed by atoms with Gasteiger partial charge in [0.15, 0.2) is 7.28 Å². The van der Waals surface area contributed by atoms with Gasteiger partial charge in [-0.05, 0) is 158 Å². The first kappa shape index (κ1) is 50.6. The SMILES string of the molecule is Cc1cc(-c2ccccc2)ccc1N1c2cc(N(c3ccc(C(C)(C)C)cc3)c3ccc(C(C)(C)C)cc3)ccc2[B]c2c1cc1sc3ccccc3c1c2-c1ccc(-c2ccccc2)cc1Nc1ccc(-c2ccccc2)cc1. The summed E-state index contributed by atoms with van der Waals surface area (Å²) in [4.78, 5) is 4.99. The third-order valence-corrected chi connectivity index (χ3v) is 17.1. The van der Waals surface area contributed by atoms with Crippen LogP contribution in [0.2, 0.25) is 0 Å². The minimum Gasteiger partial charge on any atom is -0.355 e. The number of rotatable bonds is 10. The van der Waals surface area contributed by atoms with Gasteiger partial charge < -0.3 is 15.1 Å². The Morgan fingerprint density at radius 2 is 0.938 bits per heavy atom. The molecule has 2 heterocycles. The van der Waals surface area contributed by atoms with Crippen LogP contribution in [0.1, 0.15) is 58.2 Å². The average Bonchev–Trinajstić information content (AvgIpc) is 3.93.